The van der Waals surface area contributed by atoms with E-state index >= 15 is 0 Å². The van der Waals surface area contributed by atoms with Crippen molar-refractivity contribution in [2.75, 3.05) is 18.4 Å². The third-order valence-corrected chi connectivity index (χ3v) is 5.97. The zero-order valence-corrected chi connectivity index (χ0v) is 19.1. The first-order valence-electron chi connectivity index (χ1n) is 11.1. The minimum absolute atomic E-state index is 0.481. The molecular formula is C27H23ClN4O2. The molecule has 0 atom stereocenters. The normalized spacial score (nSPS) is 14.8. The molecule has 170 valence electrons. The van der Waals surface area contributed by atoms with Gasteiger partial charge in [0.2, 0.25) is 0 Å². The summed E-state index contributed by atoms with van der Waals surface area (Å²) in [5, 5.41) is 18.5. The van der Waals surface area contributed by atoms with Crippen molar-refractivity contribution < 1.29 is 9.84 Å². The van der Waals surface area contributed by atoms with E-state index in [-0.39, 0.29) is 0 Å². The van der Waals surface area contributed by atoms with Crippen LogP contribution in [0.25, 0.3) is 10.9 Å². The second-order valence-electron chi connectivity index (χ2n) is 8.17. The maximum Gasteiger partial charge on any atom is 0.146 e. The summed E-state index contributed by atoms with van der Waals surface area (Å²) in [5.41, 5.74) is 1.40. The number of benzene rings is 3. The SMILES string of the molecule is OC1(C#Cc2ccc3ncnc(Nc4ccc(Oc5ccccc5)c(Cl)c4)c3c2)CCNCC1. The van der Waals surface area contributed by atoms with Crippen molar-refractivity contribution >= 4 is 34.0 Å². The molecule has 34 heavy (non-hydrogen) atoms. The van der Waals surface area contributed by atoms with Gasteiger partial charge in [-0.1, -0.05) is 41.6 Å². The second-order valence-corrected chi connectivity index (χ2v) is 8.58. The number of piperidine rings is 1. The maximum atomic E-state index is 10.7. The van der Waals surface area contributed by atoms with Crippen molar-refractivity contribution in [3.63, 3.8) is 0 Å². The van der Waals surface area contributed by atoms with Crippen molar-refractivity contribution in [2.45, 2.75) is 18.4 Å². The van der Waals surface area contributed by atoms with Crippen molar-refractivity contribution in [1.82, 2.24) is 15.3 Å². The number of aliphatic hydroxyl groups is 1. The van der Waals surface area contributed by atoms with Gasteiger partial charge in [0.25, 0.3) is 0 Å². The molecule has 1 saturated heterocycles. The lowest BCUT2D eigenvalue weighted by atomic mass is 9.93. The molecule has 6 nitrogen and oxygen atoms in total. The zero-order chi connectivity index (χ0) is 23.4. The molecule has 1 aliphatic heterocycles. The summed E-state index contributed by atoms with van der Waals surface area (Å²) in [4.78, 5) is 8.79. The van der Waals surface area contributed by atoms with Crippen LogP contribution in [0.2, 0.25) is 5.02 Å². The molecule has 0 bridgehead atoms. The molecule has 0 saturated carbocycles. The number of nitrogens with one attached hydrogen (secondary N) is 2. The van der Waals surface area contributed by atoms with Crippen LogP contribution in [0.1, 0.15) is 18.4 Å². The largest absolute Gasteiger partial charge is 0.456 e. The number of para-hydroxylation sites is 1. The highest BCUT2D eigenvalue weighted by Crippen LogP contribution is 2.33. The average Bonchev–Trinajstić information content (AvgIpc) is 2.86. The molecule has 0 aliphatic carbocycles. The zero-order valence-electron chi connectivity index (χ0n) is 18.4. The van der Waals surface area contributed by atoms with Gasteiger partial charge in [-0.25, -0.2) is 9.97 Å². The fraction of sp³-hybridized carbons (Fsp3) is 0.185. The number of ether oxygens (including phenoxy) is 1. The van der Waals surface area contributed by atoms with Crippen LogP contribution in [0.4, 0.5) is 11.5 Å². The topological polar surface area (TPSA) is 79.3 Å². The quantitative estimate of drug-likeness (QED) is 0.352. The molecule has 3 aromatic carbocycles. The van der Waals surface area contributed by atoms with E-state index in [9.17, 15) is 5.11 Å². The fourth-order valence-corrected chi connectivity index (χ4v) is 4.02. The standard InChI is InChI=1S/C27H23ClN4O2/c28-23-17-20(7-9-25(23)34-21-4-2-1-3-5-21)32-26-22-16-19(6-8-24(22)30-18-31-26)10-11-27(33)12-14-29-15-13-27/h1-9,16-18,29,33H,12-15H2,(H,30,31,32). The van der Waals surface area contributed by atoms with Crippen LogP contribution in [-0.4, -0.2) is 33.8 Å². The van der Waals surface area contributed by atoms with Crippen molar-refractivity contribution in [1.29, 1.82) is 0 Å². The minimum Gasteiger partial charge on any atom is -0.456 e. The summed E-state index contributed by atoms with van der Waals surface area (Å²) in [6.45, 7) is 1.53. The third-order valence-electron chi connectivity index (χ3n) is 5.67. The molecule has 7 heteroatoms. The van der Waals surface area contributed by atoms with Gasteiger partial charge in [-0.2, -0.15) is 0 Å². The van der Waals surface area contributed by atoms with Crippen LogP contribution < -0.4 is 15.4 Å². The molecule has 0 amide bonds. The number of anilines is 2. The number of rotatable bonds is 4. The Morgan fingerprint density at radius 3 is 2.62 bits per heavy atom. The van der Waals surface area contributed by atoms with Crippen molar-refractivity contribution in [3.8, 4) is 23.3 Å². The monoisotopic (exact) mass is 470 g/mol. The first-order chi connectivity index (χ1) is 16.6. The molecule has 1 fully saturated rings. The molecule has 0 radical (unpaired) electrons. The van der Waals surface area contributed by atoms with Gasteiger partial charge in [0.1, 0.15) is 29.2 Å². The predicted molar refractivity (Wildman–Crippen MR) is 135 cm³/mol. The van der Waals surface area contributed by atoms with Crippen LogP contribution in [0.15, 0.2) is 73.1 Å². The summed E-state index contributed by atoms with van der Waals surface area (Å²) in [6.07, 6.45) is 2.75. The summed E-state index contributed by atoms with van der Waals surface area (Å²) >= 11 is 6.47. The van der Waals surface area contributed by atoms with E-state index in [0.29, 0.717) is 29.4 Å². The van der Waals surface area contributed by atoms with Gasteiger partial charge < -0.3 is 20.5 Å². The lowest BCUT2D eigenvalue weighted by Gasteiger charge is -2.27. The lowest BCUT2D eigenvalue weighted by Crippen LogP contribution is -2.40. The number of halogens is 1. The smallest absolute Gasteiger partial charge is 0.146 e. The Hall–Kier alpha value is -3.63. The van der Waals surface area contributed by atoms with Crippen molar-refractivity contribution in [3.05, 3.63) is 83.6 Å². The minimum atomic E-state index is -0.950. The predicted octanol–water partition coefficient (Wildman–Crippen LogP) is 5.29. The maximum absolute atomic E-state index is 10.7. The van der Waals surface area contributed by atoms with Crippen LogP contribution in [-0.2, 0) is 0 Å². The summed E-state index contributed by atoms with van der Waals surface area (Å²) in [6, 6.07) is 20.7. The highest BCUT2D eigenvalue weighted by molar-refractivity contribution is 6.32. The van der Waals surface area contributed by atoms with Crippen LogP contribution >= 0.6 is 11.6 Å². The van der Waals surface area contributed by atoms with Gasteiger partial charge >= 0.3 is 0 Å². The van der Waals surface area contributed by atoms with Gasteiger partial charge in [-0.05, 0) is 74.5 Å². The van der Waals surface area contributed by atoms with Gasteiger partial charge in [-0.15, -0.1) is 0 Å². The average molecular weight is 471 g/mol. The van der Waals surface area contributed by atoms with Gasteiger partial charge in [0.05, 0.1) is 10.5 Å². The third kappa shape index (κ3) is 5.13. The molecule has 4 aromatic rings. The van der Waals surface area contributed by atoms with Gasteiger partial charge in [0.15, 0.2) is 0 Å². The summed E-state index contributed by atoms with van der Waals surface area (Å²) in [7, 11) is 0. The molecule has 1 aliphatic rings. The Bertz CT molecular complexity index is 1380. The number of nitrogens with zero attached hydrogens (tertiary/aromatic N) is 2. The summed E-state index contributed by atoms with van der Waals surface area (Å²) < 4.78 is 5.86. The highest BCUT2D eigenvalue weighted by atomic mass is 35.5. The molecule has 3 N–H and O–H groups in total. The Morgan fingerprint density at radius 1 is 1.00 bits per heavy atom. The molecule has 2 heterocycles. The first-order valence-corrected chi connectivity index (χ1v) is 11.5. The Morgan fingerprint density at radius 2 is 1.82 bits per heavy atom. The molecule has 1 aromatic heterocycles. The Balaban J connectivity index is 1.39. The Labute approximate surface area is 203 Å². The number of fused-ring (bicyclic) bond motifs is 1. The number of hydrogen-bond acceptors (Lipinski definition) is 6. The van der Waals surface area contributed by atoms with E-state index in [2.05, 4.69) is 32.4 Å². The van der Waals surface area contributed by atoms with Crippen LogP contribution in [0.3, 0.4) is 0 Å². The van der Waals surface area contributed by atoms with E-state index in [1.54, 1.807) is 6.07 Å². The van der Waals surface area contributed by atoms with E-state index < -0.39 is 5.60 Å². The van der Waals surface area contributed by atoms with Gasteiger partial charge in [0, 0.05) is 16.6 Å². The number of aromatic nitrogens is 2. The van der Waals surface area contributed by atoms with E-state index in [4.69, 9.17) is 16.3 Å². The Kier molecular flexibility index (Phi) is 6.33. The highest BCUT2D eigenvalue weighted by Gasteiger charge is 2.26. The van der Waals surface area contributed by atoms with Crippen LogP contribution in [0, 0.1) is 11.8 Å². The van der Waals surface area contributed by atoms with Crippen molar-refractivity contribution in [2.24, 2.45) is 0 Å². The van der Waals surface area contributed by atoms with Crippen LogP contribution in [0.5, 0.6) is 11.5 Å². The number of hydrogen-bond donors (Lipinski definition) is 3. The molecular weight excluding hydrogens is 448 g/mol. The fourth-order valence-electron chi connectivity index (χ4n) is 3.80. The van der Waals surface area contributed by atoms with E-state index in [1.165, 1.54) is 6.33 Å². The summed E-state index contributed by atoms with van der Waals surface area (Å²) in [5.74, 6) is 8.11. The molecule has 0 spiro atoms. The van der Waals surface area contributed by atoms with E-state index in [1.807, 2.05) is 60.7 Å². The first kappa shape index (κ1) is 22.2. The lowest BCUT2D eigenvalue weighted by molar-refractivity contribution is 0.0679. The second kappa shape index (κ2) is 9.70. The van der Waals surface area contributed by atoms with Gasteiger partial charge in [-0.3, -0.25) is 0 Å². The molecule has 5 rings (SSSR count). The van der Waals surface area contributed by atoms with E-state index in [0.717, 1.165) is 41.0 Å². The molecule has 0 unspecified atom stereocenters.